The number of halogens is 1. The lowest BCUT2D eigenvalue weighted by atomic mass is 10.2. The van der Waals surface area contributed by atoms with E-state index in [0.29, 0.717) is 26.1 Å². The van der Waals surface area contributed by atoms with Gasteiger partial charge in [0.25, 0.3) is 0 Å². The Balaban J connectivity index is 0.00000676. The van der Waals surface area contributed by atoms with Gasteiger partial charge in [0.2, 0.25) is 5.91 Å². The molecule has 0 aliphatic carbocycles. The molecular weight excluding hydrogens is 461 g/mol. The van der Waals surface area contributed by atoms with Crippen LogP contribution in [0.5, 0.6) is 0 Å². The predicted molar refractivity (Wildman–Crippen MR) is 119 cm³/mol. The van der Waals surface area contributed by atoms with E-state index in [9.17, 15) is 9.59 Å². The molecule has 9 heteroatoms. The number of likely N-dealkylation sites (tertiary alicyclic amines) is 1. The molecule has 0 spiro atoms. The molecule has 1 saturated heterocycles. The first kappa shape index (κ1) is 25.7. The quantitative estimate of drug-likeness (QED) is 0.285. The molecule has 1 aliphatic heterocycles. The van der Waals surface area contributed by atoms with Crippen LogP contribution >= 0.6 is 24.0 Å². The van der Waals surface area contributed by atoms with Gasteiger partial charge in [-0.1, -0.05) is 6.92 Å². The van der Waals surface area contributed by atoms with Crippen LogP contribution < -0.4 is 16.0 Å². The highest BCUT2D eigenvalue weighted by Gasteiger charge is 2.27. The number of hydrogen-bond donors (Lipinski definition) is 3. The van der Waals surface area contributed by atoms with Crippen LogP contribution in [0.2, 0.25) is 0 Å². The van der Waals surface area contributed by atoms with Crippen LogP contribution in [0, 0.1) is 0 Å². The minimum atomic E-state index is -0.503. The Kier molecular flexibility index (Phi) is 12.4. The van der Waals surface area contributed by atoms with Crippen LogP contribution in [0.25, 0.3) is 0 Å². The van der Waals surface area contributed by atoms with E-state index in [1.165, 1.54) is 0 Å². The largest absolute Gasteiger partial charge is 0.444 e. The monoisotopic (exact) mass is 497 g/mol. The maximum atomic E-state index is 11.9. The predicted octanol–water partition coefficient (Wildman–Crippen LogP) is 2.09. The van der Waals surface area contributed by atoms with Gasteiger partial charge >= 0.3 is 6.09 Å². The summed E-state index contributed by atoms with van der Waals surface area (Å²) < 4.78 is 5.31. The van der Waals surface area contributed by atoms with Crippen LogP contribution in [0.1, 0.15) is 53.9 Å². The number of amides is 2. The fourth-order valence-electron chi connectivity index (χ4n) is 2.59. The van der Waals surface area contributed by atoms with Crippen LogP contribution in [0.15, 0.2) is 4.99 Å². The maximum absolute atomic E-state index is 11.9. The Morgan fingerprint density at radius 1 is 1.22 bits per heavy atom. The number of guanidine groups is 1. The van der Waals surface area contributed by atoms with Crippen molar-refractivity contribution in [3.63, 3.8) is 0 Å². The molecular formula is C18H36IN5O3. The molecule has 2 amide bonds. The third kappa shape index (κ3) is 11.2. The van der Waals surface area contributed by atoms with Crippen molar-refractivity contribution in [3.05, 3.63) is 0 Å². The summed E-state index contributed by atoms with van der Waals surface area (Å²) in [5, 5.41) is 9.02. The summed E-state index contributed by atoms with van der Waals surface area (Å²) in [7, 11) is 0. The molecule has 1 aliphatic rings. The highest BCUT2D eigenvalue weighted by atomic mass is 127. The molecule has 0 saturated carbocycles. The second-order valence-corrected chi connectivity index (χ2v) is 7.41. The van der Waals surface area contributed by atoms with Crippen molar-refractivity contribution >= 4 is 41.9 Å². The third-order valence-corrected chi connectivity index (χ3v) is 3.72. The van der Waals surface area contributed by atoms with Crippen molar-refractivity contribution < 1.29 is 14.3 Å². The van der Waals surface area contributed by atoms with Crippen molar-refractivity contribution in [1.29, 1.82) is 0 Å². The summed E-state index contributed by atoms with van der Waals surface area (Å²) in [5.74, 6) is 0.807. The molecule has 0 aromatic carbocycles. The van der Waals surface area contributed by atoms with Crippen LogP contribution in [0.3, 0.4) is 0 Å². The summed E-state index contributed by atoms with van der Waals surface area (Å²) in [5.41, 5.74) is -0.503. The van der Waals surface area contributed by atoms with Gasteiger partial charge in [0.15, 0.2) is 5.96 Å². The lowest BCUT2D eigenvalue weighted by molar-refractivity contribution is -0.120. The molecule has 1 atom stereocenters. The van der Waals surface area contributed by atoms with E-state index in [4.69, 9.17) is 4.74 Å². The third-order valence-electron chi connectivity index (χ3n) is 3.72. The molecule has 0 bridgehead atoms. The lowest BCUT2D eigenvalue weighted by Crippen LogP contribution is -2.44. The number of aliphatic imine (C=N–C) groups is 1. The highest BCUT2D eigenvalue weighted by molar-refractivity contribution is 14.0. The number of alkyl carbamates (subject to hydrolysis) is 1. The van der Waals surface area contributed by atoms with Crippen molar-refractivity contribution in [1.82, 2.24) is 20.9 Å². The topological polar surface area (TPSA) is 95.1 Å². The van der Waals surface area contributed by atoms with Gasteiger partial charge in [0.1, 0.15) is 5.60 Å². The highest BCUT2D eigenvalue weighted by Crippen LogP contribution is 2.12. The van der Waals surface area contributed by atoms with Gasteiger partial charge in [-0.2, -0.15) is 0 Å². The zero-order chi connectivity index (χ0) is 19.6. The van der Waals surface area contributed by atoms with E-state index >= 15 is 0 Å². The van der Waals surface area contributed by atoms with E-state index < -0.39 is 5.60 Å². The molecule has 1 fully saturated rings. The Labute approximate surface area is 180 Å². The van der Waals surface area contributed by atoms with Gasteiger partial charge in [-0.15, -0.1) is 24.0 Å². The summed E-state index contributed by atoms with van der Waals surface area (Å²) in [6, 6.07) is 0.0292. The smallest absolute Gasteiger partial charge is 0.407 e. The first-order valence-electron chi connectivity index (χ1n) is 9.54. The molecule has 8 nitrogen and oxygen atoms in total. The van der Waals surface area contributed by atoms with Crippen LogP contribution in [0.4, 0.5) is 4.79 Å². The second-order valence-electron chi connectivity index (χ2n) is 7.41. The standard InChI is InChI=1S/C18H35N5O3.HI/c1-6-10-20-15(24)8-11-21-16(19-7-2)23-12-9-14(13-23)22-17(25)26-18(3,4)5;/h14H,6-13H2,1-5H3,(H,19,21)(H,20,24)(H,22,25);1H. The Hall–Kier alpha value is -1.26. The lowest BCUT2D eigenvalue weighted by Gasteiger charge is -2.23. The number of hydrogen-bond acceptors (Lipinski definition) is 4. The van der Waals surface area contributed by atoms with Crippen molar-refractivity contribution in [3.8, 4) is 0 Å². The van der Waals surface area contributed by atoms with Crippen molar-refractivity contribution in [2.45, 2.75) is 65.5 Å². The van der Waals surface area contributed by atoms with E-state index in [1.807, 2.05) is 34.6 Å². The van der Waals surface area contributed by atoms with Crippen molar-refractivity contribution in [2.24, 2.45) is 4.99 Å². The minimum Gasteiger partial charge on any atom is -0.444 e. The minimum absolute atomic E-state index is 0. The van der Waals surface area contributed by atoms with Crippen molar-refractivity contribution in [2.75, 3.05) is 32.7 Å². The second kappa shape index (κ2) is 13.0. The Bertz CT molecular complexity index is 494. The van der Waals surface area contributed by atoms with Gasteiger partial charge in [-0.3, -0.25) is 9.79 Å². The first-order valence-corrected chi connectivity index (χ1v) is 9.54. The molecule has 0 aromatic heterocycles. The number of nitrogens with zero attached hydrogens (tertiary/aromatic N) is 2. The molecule has 27 heavy (non-hydrogen) atoms. The summed E-state index contributed by atoms with van der Waals surface area (Å²) >= 11 is 0. The fourth-order valence-corrected chi connectivity index (χ4v) is 2.59. The average molecular weight is 497 g/mol. The number of nitrogens with one attached hydrogen (secondary N) is 3. The molecule has 0 aromatic rings. The van der Waals surface area contributed by atoms with E-state index in [2.05, 4.69) is 25.8 Å². The average Bonchev–Trinajstić information content (AvgIpc) is 2.98. The summed E-state index contributed by atoms with van der Waals surface area (Å²) in [6.07, 6.45) is 1.75. The summed E-state index contributed by atoms with van der Waals surface area (Å²) in [4.78, 5) is 30.2. The van der Waals surface area contributed by atoms with Gasteiger partial charge < -0.3 is 25.6 Å². The van der Waals surface area contributed by atoms with E-state index in [0.717, 1.165) is 31.9 Å². The van der Waals surface area contributed by atoms with Gasteiger partial charge in [0.05, 0.1) is 12.6 Å². The molecule has 3 N–H and O–H groups in total. The zero-order valence-corrected chi connectivity index (χ0v) is 19.6. The molecule has 1 heterocycles. The first-order chi connectivity index (χ1) is 12.2. The van der Waals surface area contributed by atoms with Gasteiger partial charge in [-0.25, -0.2) is 4.79 Å². The zero-order valence-electron chi connectivity index (χ0n) is 17.3. The number of rotatable bonds is 7. The maximum Gasteiger partial charge on any atom is 0.407 e. The number of ether oxygens (including phenoxy) is 1. The molecule has 158 valence electrons. The molecule has 0 radical (unpaired) electrons. The number of carbonyl (C=O) groups excluding carboxylic acids is 2. The molecule has 1 unspecified atom stereocenters. The SMILES string of the molecule is CCCNC(=O)CCN=C(NCC)N1CCC(NC(=O)OC(C)(C)C)C1.I. The van der Waals surface area contributed by atoms with Gasteiger partial charge in [-0.05, 0) is 40.5 Å². The van der Waals surface area contributed by atoms with E-state index in [-0.39, 0.29) is 42.0 Å². The fraction of sp³-hybridized carbons (Fsp3) is 0.833. The Morgan fingerprint density at radius 2 is 1.93 bits per heavy atom. The van der Waals surface area contributed by atoms with Gasteiger partial charge in [0, 0.05) is 32.6 Å². The number of carbonyl (C=O) groups is 2. The van der Waals surface area contributed by atoms with Crippen LogP contribution in [-0.4, -0.2) is 67.2 Å². The Morgan fingerprint density at radius 3 is 2.52 bits per heavy atom. The van der Waals surface area contributed by atoms with Crippen LogP contribution in [-0.2, 0) is 9.53 Å². The summed E-state index contributed by atoms with van der Waals surface area (Å²) in [6.45, 7) is 12.9. The normalized spacial score (nSPS) is 17.1. The van der Waals surface area contributed by atoms with E-state index in [1.54, 1.807) is 0 Å². The molecule has 1 rings (SSSR count).